The van der Waals surface area contributed by atoms with Crippen molar-refractivity contribution in [1.29, 1.82) is 0 Å². The average molecular weight is 258 g/mol. The van der Waals surface area contributed by atoms with Crippen molar-refractivity contribution in [2.24, 2.45) is 0 Å². The molecule has 0 aliphatic carbocycles. The molecule has 0 atom stereocenters. The molecule has 94 valence electrons. The molecule has 2 nitrogen and oxygen atoms in total. The minimum Gasteiger partial charge on any atom is -0.429 e. The van der Waals surface area contributed by atoms with E-state index < -0.39 is 29.2 Å². The molecule has 1 aromatic rings. The molecule has 0 heterocycles. The molecule has 1 aromatic carbocycles. The lowest BCUT2D eigenvalue weighted by Gasteiger charge is -2.12. The summed E-state index contributed by atoms with van der Waals surface area (Å²) in [6.45, 7) is -0.254. The van der Waals surface area contributed by atoms with Crippen molar-refractivity contribution < 1.29 is 35.9 Å². The van der Waals surface area contributed by atoms with Crippen LogP contribution in [0.1, 0.15) is 11.1 Å². The van der Waals surface area contributed by atoms with Crippen molar-refractivity contribution >= 4 is 6.47 Å². The van der Waals surface area contributed by atoms with Gasteiger partial charge < -0.3 is 4.74 Å². The maximum absolute atomic E-state index is 12.3. The van der Waals surface area contributed by atoms with E-state index in [1.54, 1.807) is 0 Å². The largest absolute Gasteiger partial charge is 0.429 e. The maximum atomic E-state index is 12.3. The first-order valence-electron chi connectivity index (χ1n) is 4.04. The second-order valence-corrected chi connectivity index (χ2v) is 2.96. The summed E-state index contributed by atoms with van der Waals surface area (Å²) < 4.78 is 77.6. The molecule has 0 N–H and O–H groups in total. The summed E-state index contributed by atoms with van der Waals surface area (Å²) in [5.74, 6) is -0.817. The van der Waals surface area contributed by atoms with Gasteiger partial charge in [-0.3, -0.25) is 4.79 Å². The third-order valence-electron chi connectivity index (χ3n) is 1.75. The van der Waals surface area contributed by atoms with E-state index in [4.69, 9.17) is 0 Å². The number of carbonyl (C=O) groups is 1. The van der Waals surface area contributed by atoms with Gasteiger partial charge in [0.15, 0.2) is 0 Å². The molecule has 0 unspecified atom stereocenters. The van der Waals surface area contributed by atoms with Crippen LogP contribution in [-0.4, -0.2) is 6.47 Å². The lowest BCUT2D eigenvalue weighted by Crippen LogP contribution is -2.11. The van der Waals surface area contributed by atoms with Gasteiger partial charge in [0.05, 0.1) is 11.1 Å². The molecule has 0 bridgehead atoms. The number of hydrogen-bond acceptors (Lipinski definition) is 2. The van der Waals surface area contributed by atoms with E-state index in [9.17, 15) is 31.1 Å². The molecule has 0 aliphatic heterocycles. The van der Waals surface area contributed by atoms with E-state index in [1.165, 1.54) is 0 Å². The fourth-order valence-corrected chi connectivity index (χ4v) is 1.05. The predicted molar refractivity (Wildman–Crippen MR) is 43.1 cm³/mol. The van der Waals surface area contributed by atoms with Gasteiger partial charge in [0.2, 0.25) is 0 Å². The van der Waals surface area contributed by atoms with E-state index in [1.807, 2.05) is 0 Å². The van der Waals surface area contributed by atoms with Crippen molar-refractivity contribution in [3.63, 3.8) is 0 Å². The Kier molecular flexibility index (Phi) is 3.35. The Morgan fingerprint density at radius 1 is 0.882 bits per heavy atom. The van der Waals surface area contributed by atoms with Crippen LogP contribution in [0.3, 0.4) is 0 Å². The monoisotopic (exact) mass is 258 g/mol. The van der Waals surface area contributed by atoms with Gasteiger partial charge in [-0.25, -0.2) is 0 Å². The summed E-state index contributed by atoms with van der Waals surface area (Å²) >= 11 is 0. The Labute approximate surface area is 90.8 Å². The number of halogens is 6. The van der Waals surface area contributed by atoms with Crippen LogP contribution >= 0.6 is 0 Å². The lowest BCUT2D eigenvalue weighted by molar-refractivity contribution is -0.143. The van der Waals surface area contributed by atoms with Gasteiger partial charge in [0.1, 0.15) is 5.75 Å². The maximum Gasteiger partial charge on any atom is 0.416 e. The summed E-state index contributed by atoms with van der Waals surface area (Å²) in [6.07, 6.45) is -9.91. The summed E-state index contributed by atoms with van der Waals surface area (Å²) in [7, 11) is 0. The molecule has 0 amide bonds. The topological polar surface area (TPSA) is 26.3 Å². The molecular formula is C9H4F6O2. The van der Waals surface area contributed by atoms with Gasteiger partial charge in [-0.2, -0.15) is 26.3 Å². The van der Waals surface area contributed by atoms with E-state index in [2.05, 4.69) is 4.74 Å². The Hall–Kier alpha value is -1.73. The predicted octanol–water partition coefficient (Wildman–Crippen LogP) is 3.26. The molecule has 0 radical (unpaired) electrons. The quantitative estimate of drug-likeness (QED) is 0.601. The molecular weight excluding hydrogens is 254 g/mol. The first-order valence-corrected chi connectivity index (χ1v) is 4.04. The molecule has 0 saturated heterocycles. The SMILES string of the molecule is O=COc1cc(C(F)(F)F)cc(C(F)(F)F)c1. The molecule has 0 spiro atoms. The van der Waals surface area contributed by atoms with E-state index in [0.29, 0.717) is 12.1 Å². The Bertz CT molecular complexity index is 388. The molecule has 8 heteroatoms. The average Bonchev–Trinajstić information content (AvgIpc) is 2.15. The number of benzene rings is 1. The van der Waals surface area contributed by atoms with Crippen LogP contribution in [-0.2, 0) is 17.1 Å². The summed E-state index contributed by atoms with van der Waals surface area (Å²) in [5.41, 5.74) is -3.08. The second kappa shape index (κ2) is 4.27. The van der Waals surface area contributed by atoms with Crippen molar-refractivity contribution in [3.8, 4) is 5.75 Å². The van der Waals surface area contributed by atoms with Gasteiger partial charge in [-0.05, 0) is 18.2 Å². The normalized spacial score (nSPS) is 12.4. The minimum atomic E-state index is -4.96. The number of rotatable bonds is 2. The van der Waals surface area contributed by atoms with Crippen molar-refractivity contribution in [2.75, 3.05) is 0 Å². The molecule has 0 saturated carbocycles. The third kappa shape index (κ3) is 3.36. The van der Waals surface area contributed by atoms with E-state index in [0.717, 1.165) is 0 Å². The summed E-state index contributed by atoms with van der Waals surface area (Å²) in [4.78, 5) is 9.91. The van der Waals surface area contributed by atoms with Gasteiger partial charge in [0.25, 0.3) is 6.47 Å². The van der Waals surface area contributed by atoms with Crippen LogP contribution in [0.25, 0.3) is 0 Å². The van der Waals surface area contributed by atoms with Crippen molar-refractivity contribution in [2.45, 2.75) is 12.4 Å². The zero-order chi connectivity index (χ0) is 13.3. The highest BCUT2D eigenvalue weighted by Gasteiger charge is 2.37. The molecule has 1 rings (SSSR count). The van der Waals surface area contributed by atoms with Gasteiger partial charge in [-0.1, -0.05) is 0 Å². The first kappa shape index (κ1) is 13.3. The highest BCUT2D eigenvalue weighted by molar-refractivity contribution is 5.47. The van der Waals surface area contributed by atoms with Crippen LogP contribution in [0.2, 0.25) is 0 Å². The highest BCUT2D eigenvalue weighted by Crippen LogP contribution is 2.37. The fraction of sp³-hybridized carbons (Fsp3) is 0.222. The third-order valence-corrected chi connectivity index (χ3v) is 1.75. The van der Waals surface area contributed by atoms with E-state index >= 15 is 0 Å². The van der Waals surface area contributed by atoms with Crippen LogP contribution < -0.4 is 4.74 Å². The smallest absolute Gasteiger partial charge is 0.416 e. The van der Waals surface area contributed by atoms with E-state index in [-0.39, 0.29) is 12.5 Å². The lowest BCUT2D eigenvalue weighted by atomic mass is 10.1. The molecule has 0 fully saturated rings. The molecule has 0 aromatic heterocycles. The van der Waals surface area contributed by atoms with Crippen molar-refractivity contribution in [1.82, 2.24) is 0 Å². The summed E-state index contributed by atoms with van der Waals surface area (Å²) in [5, 5.41) is 0. The highest BCUT2D eigenvalue weighted by atomic mass is 19.4. The summed E-state index contributed by atoms with van der Waals surface area (Å²) in [6, 6.07) is 0.560. The Morgan fingerprint density at radius 3 is 1.59 bits per heavy atom. The van der Waals surface area contributed by atoms with Crippen LogP contribution in [0.15, 0.2) is 18.2 Å². The molecule has 17 heavy (non-hydrogen) atoms. The number of hydrogen-bond donors (Lipinski definition) is 0. The Morgan fingerprint density at radius 2 is 1.29 bits per heavy atom. The second-order valence-electron chi connectivity index (χ2n) is 2.96. The van der Waals surface area contributed by atoms with Crippen molar-refractivity contribution in [3.05, 3.63) is 29.3 Å². The molecule has 0 aliphatic rings. The fourth-order valence-electron chi connectivity index (χ4n) is 1.05. The number of ether oxygens (including phenoxy) is 1. The van der Waals surface area contributed by atoms with Crippen LogP contribution in [0, 0.1) is 0 Å². The van der Waals surface area contributed by atoms with Gasteiger partial charge in [-0.15, -0.1) is 0 Å². The number of alkyl halides is 6. The zero-order valence-corrected chi connectivity index (χ0v) is 7.89. The number of carbonyl (C=O) groups excluding carboxylic acids is 1. The van der Waals surface area contributed by atoms with Crippen LogP contribution in [0.4, 0.5) is 26.3 Å². The Balaban J connectivity index is 3.34. The van der Waals surface area contributed by atoms with Gasteiger partial charge >= 0.3 is 12.4 Å². The first-order chi connectivity index (χ1) is 7.64. The zero-order valence-electron chi connectivity index (χ0n) is 7.89. The minimum absolute atomic E-state index is 0.0579. The van der Waals surface area contributed by atoms with Gasteiger partial charge in [0, 0.05) is 0 Å². The standard InChI is InChI=1S/C9H4F6O2/c10-8(11,12)5-1-6(9(13,14)15)3-7(2-5)17-4-16/h1-4H. The van der Waals surface area contributed by atoms with Crippen LogP contribution in [0.5, 0.6) is 5.75 Å².